The van der Waals surface area contributed by atoms with E-state index in [-0.39, 0.29) is 6.03 Å². The van der Waals surface area contributed by atoms with Crippen LogP contribution in [-0.4, -0.2) is 47.1 Å². The van der Waals surface area contributed by atoms with E-state index >= 15 is 0 Å². The molecule has 3 heterocycles. The van der Waals surface area contributed by atoms with Crippen LogP contribution in [0.15, 0.2) is 24.3 Å². The molecule has 0 radical (unpaired) electrons. The molecule has 0 saturated carbocycles. The molecular weight excluding hydrogens is 454 g/mol. The Morgan fingerprint density at radius 2 is 2.00 bits per heavy atom. The van der Waals surface area contributed by atoms with Gasteiger partial charge in [-0.05, 0) is 61.3 Å². The summed E-state index contributed by atoms with van der Waals surface area (Å²) in [7, 11) is 0. The molecule has 2 aliphatic rings. The number of hydrogen-bond donors (Lipinski definition) is 1. The lowest BCUT2D eigenvalue weighted by molar-refractivity contribution is 0.208. The molecule has 1 aromatic carbocycles. The number of anilines is 2. The van der Waals surface area contributed by atoms with Gasteiger partial charge in [-0.25, -0.2) is 14.8 Å². The number of thiophene rings is 1. The molecule has 1 N–H and O–H groups in total. The van der Waals surface area contributed by atoms with Crippen molar-refractivity contribution in [1.29, 1.82) is 0 Å². The minimum Gasteiger partial charge on any atom is -0.352 e. The van der Waals surface area contributed by atoms with Crippen LogP contribution in [0.4, 0.5) is 16.3 Å². The van der Waals surface area contributed by atoms with Gasteiger partial charge in [0, 0.05) is 42.7 Å². The van der Waals surface area contributed by atoms with Gasteiger partial charge >= 0.3 is 6.03 Å². The second-order valence-electron chi connectivity index (χ2n) is 10.2. The molecule has 5 rings (SSSR count). The zero-order valence-electron chi connectivity index (χ0n) is 21.4. The molecular formula is C28H37N5OS. The number of hydrogen-bond acceptors (Lipinski definition) is 5. The minimum absolute atomic E-state index is 0.0204. The maximum atomic E-state index is 13.0. The largest absolute Gasteiger partial charge is 0.352 e. The van der Waals surface area contributed by atoms with Crippen LogP contribution in [-0.2, 0) is 19.3 Å². The van der Waals surface area contributed by atoms with E-state index in [0.29, 0.717) is 19.0 Å². The van der Waals surface area contributed by atoms with E-state index in [1.54, 1.807) is 0 Å². The molecule has 1 aliphatic carbocycles. The third kappa shape index (κ3) is 4.88. The van der Waals surface area contributed by atoms with Crippen LogP contribution in [0, 0.1) is 5.92 Å². The fraction of sp³-hybridized carbons (Fsp3) is 0.536. The van der Waals surface area contributed by atoms with Crippen LogP contribution in [0.5, 0.6) is 0 Å². The van der Waals surface area contributed by atoms with Crippen molar-refractivity contribution >= 4 is 39.1 Å². The van der Waals surface area contributed by atoms with Gasteiger partial charge in [-0.15, -0.1) is 11.3 Å². The van der Waals surface area contributed by atoms with E-state index in [1.807, 2.05) is 28.4 Å². The molecule has 2 atom stereocenters. The van der Waals surface area contributed by atoms with Crippen molar-refractivity contribution in [2.24, 2.45) is 5.92 Å². The van der Waals surface area contributed by atoms with Crippen molar-refractivity contribution in [3.63, 3.8) is 0 Å². The van der Waals surface area contributed by atoms with Gasteiger partial charge in [-0.3, -0.25) is 0 Å². The molecule has 2 aromatic heterocycles. The van der Waals surface area contributed by atoms with Crippen molar-refractivity contribution in [1.82, 2.24) is 14.9 Å². The SMILES string of the molecule is CCc1cccc(NC(=O)N2CCN(c3nc([C@@H](C)CC)nc4sc5c(c34)CC[C@@H](C)C5)CC2)c1. The molecule has 1 fully saturated rings. The number of carbonyl (C=O) groups excluding carboxylic acids is 1. The highest BCUT2D eigenvalue weighted by molar-refractivity contribution is 7.19. The van der Waals surface area contributed by atoms with Gasteiger partial charge in [0.15, 0.2) is 0 Å². The standard InChI is InChI=1S/C28H37N5OS/c1-5-19(4)25-30-26(24-22-11-10-18(3)16-23(22)35-27(24)31-25)32-12-14-33(15-13-32)28(34)29-21-9-7-8-20(6-2)17-21/h7-9,17-19H,5-6,10-16H2,1-4H3,(H,29,34)/t18-,19+/m1/s1. The Morgan fingerprint density at radius 1 is 1.20 bits per heavy atom. The number of aromatic nitrogens is 2. The number of amides is 2. The molecule has 1 saturated heterocycles. The first kappa shape index (κ1) is 24.0. The van der Waals surface area contributed by atoms with Gasteiger partial charge in [0.25, 0.3) is 0 Å². The third-order valence-corrected chi connectivity index (χ3v) is 8.81. The molecule has 35 heavy (non-hydrogen) atoms. The molecule has 0 spiro atoms. The number of piperazine rings is 1. The number of rotatable bonds is 5. The summed E-state index contributed by atoms with van der Waals surface area (Å²) in [5.41, 5.74) is 3.57. The normalized spacial score (nSPS) is 19.0. The number of fused-ring (bicyclic) bond motifs is 3. The van der Waals surface area contributed by atoms with E-state index in [2.05, 4.69) is 50.0 Å². The monoisotopic (exact) mass is 491 g/mol. The van der Waals surface area contributed by atoms with Crippen molar-refractivity contribution in [3.8, 4) is 0 Å². The minimum atomic E-state index is -0.0204. The van der Waals surface area contributed by atoms with Crippen molar-refractivity contribution in [2.45, 2.75) is 65.7 Å². The molecule has 3 aromatic rings. The Balaban J connectivity index is 1.37. The number of carbonyl (C=O) groups is 1. The molecule has 7 heteroatoms. The summed E-state index contributed by atoms with van der Waals surface area (Å²) in [6.07, 6.45) is 5.49. The number of nitrogens with one attached hydrogen (secondary N) is 1. The van der Waals surface area contributed by atoms with Crippen LogP contribution < -0.4 is 10.2 Å². The quantitative estimate of drug-likeness (QED) is 0.458. The van der Waals surface area contributed by atoms with Crippen LogP contribution in [0.1, 0.15) is 68.3 Å². The first-order chi connectivity index (χ1) is 17.0. The highest BCUT2D eigenvalue weighted by Crippen LogP contribution is 2.42. The Bertz CT molecular complexity index is 1210. The lowest BCUT2D eigenvalue weighted by Gasteiger charge is -2.36. The molecule has 0 unspecified atom stereocenters. The van der Waals surface area contributed by atoms with E-state index in [9.17, 15) is 4.79 Å². The maximum absolute atomic E-state index is 13.0. The molecule has 1 aliphatic heterocycles. The Morgan fingerprint density at radius 3 is 2.74 bits per heavy atom. The van der Waals surface area contributed by atoms with Crippen LogP contribution in [0.25, 0.3) is 10.2 Å². The average molecular weight is 492 g/mol. The van der Waals surface area contributed by atoms with Crippen molar-refractivity contribution in [2.75, 3.05) is 36.4 Å². The van der Waals surface area contributed by atoms with Crippen LogP contribution >= 0.6 is 11.3 Å². The van der Waals surface area contributed by atoms with Gasteiger partial charge in [0.1, 0.15) is 16.5 Å². The van der Waals surface area contributed by atoms with Crippen LogP contribution in [0.3, 0.4) is 0 Å². The zero-order valence-corrected chi connectivity index (χ0v) is 22.2. The predicted octanol–water partition coefficient (Wildman–Crippen LogP) is 6.25. The summed E-state index contributed by atoms with van der Waals surface area (Å²) >= 11 is 1.88. The van der Waals surface area contributed by atoms with E-state index < -0.39 is 0 Å². The maximum Gasteiger partial charge on any atom is 0.321 e. The van der Waals surface area contributed by atoms with Crippen molar-refractivity contribution in [3.05, 3.63) is 46.1 Å². The van der Waals surface area contributed by atoms with Gasteiger partial charge in [-0.1, -0.05) is 39.8 Å². The molecule has 2 amide bonds. The van der Waals surface area contributed by atoms with Gasteiger partial charge in [0.2, 0.25) is 0 Å². The molecule has 6 nitrogen and oxygen atoms in total. The van der Waals surface area contributed by atoms with E-state index in [4.69, 9.17) is 9.97 Å². The van der Waals surface area contributed by atoms with Gasteiger partial charge in [0.05, 0.1) is 5.39 Å². The first-order valence-electron chi connectivity index (χ1n) is 13.2. The number of urea groups is 1. The van der Waals surface area contributed by atoms with Gasteiger partial charge in [-0.2, -0.15) is 0 Å². The highest BCUT2D eigenvalue weighted by Gasteiger charge is 2.29. The van der Waals surface area contributed by atoms with E-state index in [0.717, 1.165) is 66.9 Å². The van der Waals surface area contributed by atoms with Crippen molar-refractivity contribution < 1.29 is 4.79 Å². The summed E-state index contributed by atoms with van der Waals surface area (Å²) in [6, 6.07) is 8.09. The Labute approximate surface area is 212 Å². The third-order valence-electron chi connectivity index (χ3n) is 7.66. The zero-order chi connectivity index (χ0) is 24.5. The highest BCUT2D eigenvalue weighted by atomic mass is 32.1. The topological polar surface area (TPSA) is 61.4 Å². The Kier molecular flexibility index (Phi) is 6.96. The number of aryl methyl sites for hydroxylation is 2. The number of benzene rings is 1. The fourth-order valence-electron chi connectivity index (χ4n) is 5.16. The average Bonchev–Trinajstić information content (AvgIpc) is 3.25. The predicted molar refractivity (Wildman–Crippen MR) is 146 cm³/mol. The summed E-state index contributed by atoms with van der Waals surface area (Å²) in [5, 5.41) is 4.36. The molecule has 0 bridgehead atoms. The second-order valence-corrected chi connectivity index (χ2v) is 11.3. The fourth-order valence-corrected chi connectivity index (χ4v) is 6.55. The van der Waals surface area contributed by atoms with E-state index in [1.165, 1.54) is 27.8 Å². The lowest BCUT2D eigenvalue weighted by atomic mass is 9.89. The summed E-state index contributed by atoms with van der Waals surface area (Å²) in [6.45, 7) is 11.9. The Hall–Kier alpha value is -2.67. The molecule has 186 valence electrons. The second kappa shape index (κ2) is 10.1. The summed E-state index contributed by atoms with van der Waals surface area (Å²) in [5.74, 6) is 3.12. The first-order valence-corrected chi connectivity index (χ1v) is 14.0. The lowest BCUT2D eigenvalue weighted by Crippen LogP contribution is -2.50. The smallest absolute Gasteiger partial charge is 0.321 e. The number of nitrogens with zero attached hydrogens (tertiary/aromatic N) is 4. The summed E-state index contributed by atoms with van der Waals surface area (Å²) < 4.78 is 0. The van der Waals surface area contributed by atoms with Gasteiger partial charge < -0.3 is 15.1 Å². The summed E-state index contributed by atoms with van der Waals surface area (Å²) in [4.78, 5) is 30.1. The van der Waals surface area contributed by atoms with Crippen LogP contribution in [0.2, 0.25) is 0 Å².